The fourth-order valence-corrected chi connectivity index (χ4v) is 4.20. The lowest BCUT2D eigenvalue weighted by atomic mass is 10.2. The van der Waals surface area contributed by atoms with Crippen LogP contribution in [0.4, 0.5) is 17.1 Å². The molecule has 0 fully saturated rings. The van der Waals surface area contributed by atoms with Crippen molar-refractivity contribution in [1.82, 2.24) is 9.47 Å². The van der Waals surface area contributed by atoms with Gasteiger partial charge in [0.15, 0.2) is 0 Å². The van der Waals surface area contributed by atoms with Crippen molar-refractivity contribution in [2.45, 2.75) is 6.92 Å². The van der Waals surface area contributed by atoms with Crippen LogP contribution in [0.15, 0.2) is 71.3 Å². The number of allylic oxidation sites excluding steroid dienone is 1. The normalized spacial score (nSPS) is 11.9. The van der Waals surface area contributed by atoms with Crippen LogP contribution in [-0.2, 0) is 9.53 Å². The molecule has 3 rings (SSSR count). The number of nitrogens with one attached hydrogen (secondary N) is 2. The Balaban J connectivity index is 1.99. The van der Waals surface area contributed by atoms with Crippen LogP contribution in [0.1, 0.15) is 6.92 Å². The molecule has 0 bridgehead atoms. The molecule has 11 nitrogen and oxygen atoms in total. The first-order chi connectivity index (χ1) is 20.3. The molecule has 0 saturated heterocycles. The van der Waals surface area contributed by atoms with Crippen molar-refractivity contribution in [2.75, 3.05) is 77.2 Å². The van der Waals surface area contributed by atoms with Crippen molar-refractivity contribution in [1.29, 1.82) is 0 Å². The lowest BCUT2D eigenvalue weighted by molar-refractivity contribution is -0.111. The maximum Gasteiger partial charge on any atom is 0.247 e. The minimum Gasteiger partial charge on any atom is -0.494 e. The summed E-state index contributed by atoms with van der Waals surface area (Å²) in [7, 11) is 9.20. The Morgan fingerprint density at radius 3 is 2.48 bits per heavy atom. The largest absolute Gasteiger partial charge is 0.494 e. The number of hydrogen-bond acceptors (Lipinski definition) is 7. The quantitative estimate of drug-likeness (QED) is 0.123. The molecule has 42 heavy (non-hydrogen) atoms. The number of nitrogens with zero attached hydrogens (tertiary/aromatic N) is 5. The van der Waals surface area contributed by atoms with E-state index in [-0.39, 0.29) is 11.9 Å². The maximum atomic E-state index is 12.3. The molecule has 0 spiro atoms. The van der Waals surface area contributed by atoms with Crippen molar-refractivity contribution in [3.63, 3.8) is 0 Å². The van der Waals surface area contributed by atoms with Crippen LogP contribution < -0.4 is 25.0 Å². The molecule has 0 saturated carbocycles. The molecule has 1 heterocycles. The van der Waals surface area contributed by atoms with Gasteiger partial charge >= 0.3 is 0 Å². The molecule has 1 amide bonds. The van der Waals surface area contributed by atoms with Crippen LogP contribution in [0.3, 0.4) is 0 Å². The van der Waals surface area contributed by atoms with E-state index in [4.69, 9.17) is 19.2 Å². The van der Waals surface area contributed by atoms with Crippen LogP contribution in [0.5, 0.6) is 11.5 Å². The van der Waals surface area contributed by atoms with E-state index < -0.39 is 0 Å². The summed E-state index contributed by atoms with van der Waals surface area (Å²) in [6, 6.07) is 11.5. The van der Waals surface area contributed by atoms with Gasteiger partial charge in [0.25, 0.3) is 0 Å². The summed E-state index contributed by atoms with van der Waals surface area (Å²) in [5.41, 5.74) is 2.84. The fourth-order valence-electron chi connectivity index (χ4n) is 4.20. The molecule has 0 unspecified atom stereocenters. The molecule has 224 valence electrons. The predicted octanol–water partition coefficient (Wildman–Crippen LogP) is 4.78. The zero-order valence-electron chi connectivity index (χ0n) is 25.3. The van der Waals surface area contributed by atoms with Crippen LogP contribution in [0.25, 0.3) is 16.7 Å². The van der Waals surface area contributed by atoms with Gasteiger partial charge in [-0.15, -0.1) is 0 Å². The molecule has 2 N–H and O–H groups in total. The van der Waals surface area contributed by atoms with E-state index in [9.17, 15) is 4.79 Å². The Kier molecular flexibility index (Phi) is 11.7. The molecule has 0 aliphatic carbocycles. The summed E-state index contributed by atoms with van der Waals surface area (Å²) < 4.78 is 18.7. The average molecular weight is 576 g/mol. The number of carbonyl (C=O) groups excluding carboxylic acids is 1. The van der Waals surface area contributed by atoms with Crippen molar-refractivity contribution >= 4 is 52.4 Å². The number of fused-ring (bicyclic) bond motifs is 1. The van der Waals surface area contributed by atoms with Gasteiger partial charge in [0.05, 0.1) is 36.3 Å². The zero-order chi connectivity index (χ0) is 30.6. The number of guanidine groups is 1. The Bertz CT molecular complexity index is 1460. The minimum absolute atomic E-state index is 0.241. The Morgan fingerprint density at radius 1 is 1.05 bits per heavy atom. The number of methoxy groups -OCH3 is 2. The second kappa shape index (κ2) is 15.4. The third-order valence-corrected chi connectivity index (χ3v) is 6.41. The van der Waals surface area contributed by atoms with Crippen molar-refractivity contribution in [3.8, 4) is 11.5 Å². The number of amides is 1. The van der Waals surface area contributed by atoms with Gasteiger partial charge < -0.3 is 39.2 Å². The highest BCUT2D eigenvalue weighted by molar-refractivity contribution is 6.04. The highest BCUT2D eigenvalue weighted by Crippen LogP contribution is 2.37. The monoisotopic (exact) mass is 575 g/mol. The van der Waals surface area contributed by atoms with E-state index in [2.05, 4.69) is 33.8 Å². The zero-order valence-corrected chi connectivity index (χ0v) is 25.3. The molecular formula is C31H41N7O4. The van der Waals surface area contributed by atoms with Gasteiger partial charge in [0.2, 0.25) is 11.9 Å². The predicted molar refractivity (Wildman–Crippen MR) is 174 cm³/mol. The lowest BCUT2D eigenvalue weighted by Gasteiger charge is -2.26. The number of benzene rings is 2. The highest BCUT2D eigenvalue weighted by atomic mass is 16.5. The first kappa shape index (κ1) is 31.9. The first-order valence-corrected chi connectivity index (χ1v) is 13.5. The molecule has 1 aromatic heterocycles. The number of likely N-dealkylation sites (N-methyl/N-ethyl adjacent to an activating group) is 2. The van der Waals surface area contributed by atoms with Crippen LogP contribution in [0, 0.1) is 0 Å². The number of aromatic nitrogens is 1. The molecule has 3 aromatic rings. The van der Waals surface area contributed by atoms with E-state index >= 15 is 0 Å². The summed E-state index contributed by atoms with van der Waals surface area (Å²) in [6.07, 6.45) is 5.03. The summed E-state index contributed by atoms with van der Waals surface area (Å²) in [5.74, 6) is 1.84. The Labute approximate surface area is 247 Å². The number of anilines is 3. The van der Waals surface area contributed by atoms with Gasteiger partial charge in [-0.3, -0.25) is 4.79 Å². The molecular weight excluding hydrogens is 534 g/mol. The van der Waals surface area contributed by atoms with Gasteiger partial charge in [-0.1, -0.05) is 12.6 Å². The molecule has 2 aromatic carbocycles. The van der Waals surface area contributed by atoms with Gasteiger partial charge in [-0.05, 0) is 64.2 Å². The smallest absolute Gasteiger partial charge is 0.247 e. The second-order valence-corrected chi connectivity index (χ2v) is 9.57. The van der Waals surface area contributed by atoms with E-state index in [1.807, 2.05) is 80.1 Å². The van der Waals surface area contributed by atoms with Crippen molar-refractivity contribution in [2.24, 2.45) is 9.98 Å². The van der Waals surface area contributed by atoms with Crippen LogP contribution >= 0.6 is 0 Å². The van der Waals surface area contributed by atoms with E-state index in [1.165, 1.54) is 6.08 Å². The summed E-state index contributed by atoms with van der Waals surface area (Å²) in [5, 5.41) is 7.06. The highest BCUT2D eigenvalue weighted by Gasteiger charge is 2.17. The van der Waals surface area contributed by atoms with Crippen LogP contribution in [-0.4, -0.2) is 89.7 Å². The average Bonchev–Trinajstić information content (AvgIpc) is 3.43. The molecule has 0 radical (unpaired) electrons. The summed E-state index contributed by atoms with van der Waals surface area (Å²) >= 11 is 0. The van der Waals surface area contributed by atoms with Gasteiger partial charge in [0.1, 0.15) is 23.9 Å². The Morgan fingerprint density at radius 2 is 1.83 bits per heavy atom. The topological polar surface area (TPSA) is 105 Å². The number of ether oxygens (including phenoxy) is 3. The van der Waals surface area contributed by atoms with E-state index in [0.717, 1.165) is 35.4 Å². The minimum atomic E-state index is -0.328. The van der Waals surface area contributed by atoms with E-state index in [1.54, 1.807) is 20.3 Å². The van der Waals surface area contributed by atoms with Gasteiger partial charge in [-0.2, -0.15) is 4.99 Å². The van der Waals surface area contributed by atoms with E-state index in [0.29, 0.717) is 36.2 Å². The number of aliphatic imine (C=N–C) groups is 2. The second-order valence-electron chi connectivity index (χ2n) is 9.57. The maximum absolute atomic E-state index is 12.3. The Hall–Kier alpha value is -4.61. The number of carbonyl (C=O) groups is 1. The van der Waals surface area contributed by atoms with Gasteiger partial charge in [-0.25, -0.2) is 4.99 Å². The van der Waals surface area contributed by atoms with Gasteiger partial charge in [0, 0.05) is 44.9 Å². The number of rotatable bonds is 14. The third-order valence-electron chi connectivity index (χ3n) is 6.41. The van der Waals surface area contributed by atoms with Crippen molar-refractivity contribution < 1.29 is 19.0 Å². The molecule has 0 aliphatic rings. The first-order valence-electron chi connectivity index (χ1n) is 13.5. The SMILES string of the molecule is C=CC(=O)Nc1cc(NC(N=C)=N/C(=C\C)n2ccc3c(OCCOC)cccc32)c(OC)cc1N(C)CCN(C)C. The summed E-state index contributed by atoms with van der Waals surface area (Å²) in [4.78, 5) is 25.3. The van der Waals surface area contributed by atoms with Crippen LogP contribution in [0.2, 0.25) is 0 Å². The summed E-state index contributed by atoms with van der Waals surface area (Å²) in [6.45, 7) is 11.7. The molecule has 0 atom stereocenters. The lowest BCUT2D eigenvalue weighted by Crippen LogP contribution is -2.29. The third kappa shape index (κ3) is 7.99. The standard InChI is InChI=1S/C31H41N7O4/c1-9-29(38-15-14-22-25(38)12-11-13-27(22)42-19-18-40-7)35-31(32-3)34-24-20-23(33-30(39)10-2)26(21-28(24)41-8)37(6)17-16-36(4)5/h9-15,20-21H,2-3,16-19H2,1,4-8H3,(H,33,39)(H,34,35)/b29-9+. The molecule has 11 heteroatoms. The molecule has 0 aliphatic heterocycles. The fraction of sp³-hybridized carbons (Fsp3) is 0.323. The van der Waals surface area contributed by atoms with Crippen molar-refractivity contribution in [3.05, 3.63) is 61.3 Å². The number of hydrogen-bond donors (Lipinski definition) is 2.